The summed E-state index contributed by atoms with van der Waals surface area (Å²) in [5, 5.41) is 3.29. The average Bonchev–Trinajstić information content (AvgIpc) is 1.72. The fourth-order valence-electron chi connectivity index (χ4n) is 1.39. The van der Waals surface area contributed by atoms with Crippen LogP contribution in [0.25, 0.3) is 0 Å². The summed E-state index contributed by atoms with van der Waals surface area (Å²) in [6.45, 7) is 3.31. The zero-order chi connectivity index (χ0) is 5.40. The van der Waals surface area contributed by atoms with E-state index in [1.54, 1.807) is 0 Å². The van der Waals surface area contributed by atoms with Crippen molar-refractivity contribution in [1.29, 1.82) is 0 Å². The first-order valence-electron chi connectivity index (χ1n) is 3.29. The van der Waals surface area contributed by atoms with Crippen molar-refractivity contribution < 1.29 is 4.74 Å². The van der Waals surface area contributed by atoms with Gasteiger partial charge in [0.15, 0.2) is 0 Å². The summed E-state index contributed by atoms with van der Waals surface area (Å²) >= 11 is 0. The first-order chi connectivity index (χ1) is 3.97. The van der Waals surface area contributed by atoms with Crippen molar-refractivity contribution in [3.63, 3.8) is 0 Å². The molecule has 0 aromatic heterocycles. The molecular weight excluding hydrogens is 102 g/mol. The van der Waals surface area contributed by atoms with Crippen molar-refractivity contribution in [2.75, 3.05) is 19.7 Å². The minimum atomic E-state index is 0.573. The van der Waals surface area contributed by atoms with Gasteiger partial charge in [0.05, 0.1) is 12.7 Å². The number of hydrogen-bond acceptors (Lipinski definition) is 2. The number of fused-ring (bicyclic) bond motifs is 1. The van der Waals surface area contributed by atoms with Gasteiger partial charge < -0.3 is 10.1 Å². The summed E-state index contributed by atoms with van der Waals surface area (Å²) < 4.78 is 5.27. The molecule has 0 bridgehead atoms. The van der Waals surface area contributed by atoms with Gasteiger partial charge in [-0.05, 0) is 13.0 Å². The molecule has 2 aliphatic heterocycles. The van der Waals surface area contributed by atoms with Crippen molar-refractivity contribution in [3.05, 3.63) is 0 Å². The van der Waals surface area contributed by atoms with E-state index < -0.39 is 0 Å². The van der Waals surface area contributed by atoms with Crippen LogP contribution in [0.3, 0.4) is 0 Å². The predicted octanol–water partition coefficient (Wildman–Crippen LogP) is -0.00530. The van der Waals surface area contributed by atoms with Crippen LogP contribution < -0.4 is 5.32 Å². The minimum Gasteiger partial charge on any atom is -0.376 e. The van der Waals surface area contributed by atoms with Crippen molar-refractivity contribution >= 4 is 0 Å². The van der Waals surface area contributed by atoms with Crippen molar-refractivity contribution in [1.82, 2.24) is 5.32 Å². The summed E-state index contributed by atoms with van der Waals surface area (Å²) in [7, 11) is 0. The summed E-state index contributed by atoms with van der Waals surface area (Å²) in [4.78, 5) is 0. The molecule has 0 aromatic carbocycles. The third kappa shape index (κ3) is 0.565. The number of nitrogens with one attached hydrogen (secondary N) is 1. The number of ether oxygens (including phenoxy) is 1. The molecule has 2 rings (SSSR count). The average molecular weight is 113 g/mol. The molecule has 2 atom stereocenters. The third-order valence-electron chi connectivity index (χ3n) is 2.09. The quantitative estimate of drug-likeness (QED) is 0.477. The van der Waals surface area contributed by atoms with E-state index in [9.17, 15) is 0 Å². The molecule has 2 aliphatic rings. The van der Waals surface area contributed by atoms with Crippen LogP contribution in [0.4, 0.5) is 0 Å². The molecule has 2 heterocycles. The Kier molecular flexibility index (Phi) is 1.02. The number of rotatable bonds is 0. The van der Waals surface area contributed by atoms with Gasteiger partial charge >= 0.3 is 0 Å². The molecule has 0 radical (unpaired) electrons. The summed E-state index contributed by atoms with van der Waals surface area (Å²) in [5.41, 5.74) is 0. The molecule has 2 nitrogen and oxygen atoms in total. The molecule has 2 fully saturated rings. The first-order valence-corrected chi connectivity index (χ1v) is 3.29. The molecule has 0 amide bonds. The van der Waals surface area contributed by atoms with Crippen LogP contribution >= 0.6 is 0 Å². The maximum Gasteiger partial charge on any atom is 0.0750 e. The highest BCUT2D eigenvalue weighted by molar-refractivity contribution is 4.84. The van der Waals surface area contributed by atoms with Crippen LogP contribution in [0.5, 0.6) is 0 Å². The van der Waals surface area contributed by atoms with Crippen LogP contribution in [-0.2, 0) is 4.74 Å². The third-order valence-corrected chi connectivity index (χ3v) is 2.09. The van der Waals surface area contributed by atoms with Gasteiger partial charge in [-0.25, -0.2) is 0 Å². The lowest BCUT2D eigenvalue weighted by Crippen LogP contribution is -2.51. The Morgan fingerprint density at radius 3 is 2.88 bits per heavy atom. The Morgan fingerprint density at radius 2 is 2.50 bits per heavy atom. The SMILES string of the molecule is C1C[C@@H]2CO[C@H]2CN1. The van der Waals surface area contributed by atoms with Crippen LogP contribution in [-0.4, -0.2) is 25.8 Å². The molecule has 46 valence electrons. The van der Waals surface area contributed by atoms with E-state index in [1.807, 2.05) is 0 Å². The Labute approximate surface area is 49.2 Å². The normalized spacial score (nSPS) is 45.0. The fourth-order valence-corrected chi connectivity index (χ4v) is 1.39. The van der Waals surface area contributed by atoms with E-state index in [2.05, 4.69) is 5.32 Å². The van der Waals surface area contributed by atoms with Gasteiger partial charge in [-0.1, -0.05) is 0 Å². The molecular formula is C6H11NO. The van der Waals surface area contributed by atoms with Crippen LogP contribution in [0.2, 0.25) is 0 Å². The minimum absolute atomic E-state index is 0.573. The predicted molar refractivity (Wildman–Crippen MR) is 30.7 cm³/mol. The van der Waals surface area contributed by atoms with Gasteiger partial charge in [-0.15, -0.1) is 0 Å². The van der Waals surface area contributed by atoms with E-state index in [4.69, 9.17) is 4.74 Å². The van der Waals surface area contributed by atoms with Crippen molar-refractivity contribution in [2.45, 2.75) is 12.5 Å². The first kappa shape index (κ1) is 4.77. The summed E-state index contributed by atoms with van der Waals surface area (Å²) in [6.07, 6.45) is 1.90. The molecule has 2 heteroatoms. The topological polar surface area (TPSA) is 21.3 Å². The highest BCUT2D eigenvalue weighted by Crippen LogP contribution is 2.24. The lowest BCUT2D eigenvalue weighted by Gasteiger charge is -2.40. The molecule has 0 saturated carbocycles. The van der Waals surface area contributed by atoms with Gasteiger partial charge in [-0.3, -0.25) is 0 Å². The van der Waals surface area contributed by atoms with E-state index in [0.717, 1.165) is 19.1 Å². The van der Waals surface area contributed by atoms with E-state index in [-0.39, 0.29) is 0 Å². The molecule has 8 heavy (non-hydrogen) atoms. The number of hydrogen-bond donors (Lipinski definition) is 1. The number of piperidine rings is 1. The van der Waals surface area contributed by atoms with Gasteiger partial charge in [0.1, 0.15) is 0 Å². The zero-order valence-electron chi connectivity index (χ0n) is 4.89. The van der Waals surface area contributed by atoms with Gasteiger partial charge in [0, 0.05) is 12.5 Å². The summed E-state index contributed by atoms with van der Waals surface area (Å²) in [5.74, 6) is 0.899. The molecule has 1 N–H and O–H groups in total. The van der Waals surface area contributed by atoms with Crippen molar-refractivity contribution in [2.24, 2.45) is 5.92 Å². The second kappa shape index (κ2) is 1.71. The van der Waals surface area contributed by atoms with Crippen LogP contribution in [0.15, 0.2) is 0 Å². The zero-order valence-corrected chi connectivity index (χ0v) is 4.89. The largest absolute Gasteiger partial charge is 0.376 e. The van der Waals surface area contributed by atoms with Crippen LogP contribution in [0.1, 0.15) is 6.42 Å². The maximum atomic E-state index is 5.27. The summed E-state index contributed by atoms with van der Waals surface area (Å²) in [6, 6.07) is 0. The van der Waals surface area contributed by atoms with E-state index in [1.165, 1.54) is 13.0 Å². The second-order valence-electron chi connectivity index (χ2n) is 2.62. The second-order valence-corrected chi connectivity index (χ2v) is 2.62. The Balaban J connectivity index is 1.92. The molecule has 0 unspecified atom stereocenters. The lowest BCUT2D eigenvalue weighted by atomic mass is 9.91. The monoisotopic (exact) mass is 113 g/mol. The smallest absolute Gasteiger partial charge is 0.0750 e. The molecule has 0 aromatic rings. The van der Waals surface area contributed by atoms with Gasteiger partial charge in [0.25, 0.3) is 0 Å². The molecule has 0 aliphatic carbocycles. The fraction of sp³-hybridized carbons (Fsp3) is 1.00. The lowest BCUT2D eigenvalue weighted by molar-refractivity contribution is -0.125. The molecule has 2 saturated heterocycles. The Hall–Kier alpha value is -0.0800. The van der Waals surface area contributed by atoms with E-state index in [0.29, 0.717) is 6.10 Å². The maximum absolute atomic E-state index is 5.27. The standard InChI is InChI=1S/C6H11NO/c1-2-7-3-6-5(1)4-8-6/h5-7H,1-4H2/t5-,6+/m1/s1. The Bertz CT molecular complexity index is 82.5. The van der Waals surface area contributed by atoms with E-state index >= 15 is 0 Å². The highest BCUT2D eigenvalue weighted by atomic mass is 16.5. The van der Waals surface area contributed by atoms with Gasteiger partial charge in [0.2, 0.25) is 0 Å². The highest BCUT2D eigenvalue weighted by Gasteiger charge is 2.33. The Morgan fingerprint density at radius 1 is 1.50 bits per heavy atom. The van der Waals surface area contributed by atoms with Crippen molar-refractivity contribution in [3.8, 4) is 0 Å². The van der Waals surface area contributed by atoms with Crippen LogP contribution in [0, 0.1) is 5.92 Å². The molecule has 0 spiro atoms. The van der Waals surface area contributed by atoms with Gasteiger partial charge in [-0.2, -0.15) is 0 Å².